The molecule has 1 heteroatoms. The molecule has 0 amide bonds. The van der Waals surface area contributed by atoms with Crippen LogP contribution >= 0.6 is 12.6 Å². The molecule has 4 rings (SSSR count). The molecular formula is C24H20S. The van der Waals surface area contributed by atoms with Crippen LogP contribution in [0.15, 0.2) is 83.8 Å². The Morgan fingerprint density at radius 1 is 0.600 bits per heavy atom. The van der Waals surface area contributed by atoms with E-state index < -0.39 is 0 Å². The maximum absolute atomic E-state index is 4.80. The minimum absolute atomic E-state index is 1.01. The number of hydrogen-bond acceptors (Lipinski definition) is 1. The molecule has 122 valence electrons. The molecule has 0 nitrogen and oxygen atoms in total. The maximum Gasteiger partial charge on any atom is 0.0125 e. The first-order chi connectivity index (χ1) is 12.1. The molecule has 0 unspecified atom stereocenters. The summed E-state index contributed by atoms with van der Waals surface area (Å²) < 4.78 is 0. The van der Waals surface area contributed by atoms with Crippen LogP contribution in [0.2, 0.25) is 0 Å². The van der Waals surface area contributed by atoms with E-state index in [1.54, 1.807) is 0 Å². The molecule has 0 fully saturated rings. The van der Waals surface area contributed by atoms with Crippen LogP contribution in [0.4, 0.5) is 0 Å². The van der Waals surface area contributed by atoms with Crippen LogP contribution in [0.5, 0.6) is 0 Å². The molecule has 0 aliphatic heterocycles. The summed E-state index contributed by atoms with van der Waals surface area (Å²) in [6, 6.07) is 28.2. The van der Waals surface area contributed by atoms with E-state index in [1.165, 1.54) is 44.2 Å². The topological polar surface area (TPSA) is 0 Å². The highest BCUT2D eigenvalue weighted by Gasteiger charge is 2.10. The molecule has 0 radical (unpaired) electrons. The molecule has 0 bridgehead atoms. The second-order valence-corrected chi connectivity index (χ2v) is 7.12. The maximum atomic E-state index is 4.80. The highest BCUT2D eigenvalue weighted by molar-refractivity contribution is 7.80. The summed E-state index contributed by atoms with van der Waals surface area (Å²) in [6.07, 6.45) is 0. The zero-order valence-corrected chi connectivity index (χ0v) is 15.3. The summed E-state index contributed by atoms with van der Waals surface area (Å²) in [5.41, 5.74) is 7.44. The van der Waals surface area contributed by atoms with Gasteiger partial charge in [0, 0.05) is 4.90 Å². The zero-order valence-electron chi connectivity index (χ0n) is 14.5. The van der Waals surface area contributed by atoms with Crippen molar-refractivity contribution in [2.75, 3.05) is 0 Å². The van der Waals surface area contributed by atoms with E-state index in [9.17, 15) is 0 Å². The van der Waals surface area contributed by atoms with Gasteiger partial charge in [-0.25, -0.2) is 0 Å². The number of aryl methyl sites for hydroxylation is 2. The molecule has 0 saturated heterocycles. The lowest BCUT2D eigenvalue weighted by molar-refractivity contribution is 1.43. The third-order valence-corrected chi connectivity index (χ3v) is 5.03. The molecule has 0 saturated carbocycles. The van der Waals surface area contributed by atoms with Crippen LogP contribution in [0, 0.1) is 13.8 Å². The summed E-state index contributed by atoms with van der Waals surface area (Å²) >= 11 is 4.80. The number of fused-ring (bicyclic) bond motifs is 1. The van der Waals surface area contributed by atoms with Crippen molar-refractivity contribution in [3.8, 4) is 22.3 Å². The minimum Gasteiger partial charge on any atom is -0.143 e. The predicted molar refractivity (Wildman–Crippen MR) is 112 cm³/mol. The normalized spacial score (nSPS) is 11.0. The number of benzene rings is 4. The second-order valence-electron chi connectivity index (χ2n) is 6.64. The molecule has 25 heavy (non-hydrogen) atoms. The van der Waals surface area contributed by atoms with Gasteiger partial charge in [0.25, 0.3) is 0 Å². The molecule has 0 atom stereocenters. The molecule has 0 spiro atoms. The van der Waals surface area contributed by atoms with Crippen LogP contribution in [0.25, 0.3) is 33.0 Å². The Bertz CT molecular complexity index is 1040. The minimum atomic E-state index is 1.01. The molecule has 0 aliphatic rings. The van der Waals surface area contributed by atoms with Crippen molar-refractivity contribution in [2.45, 2.75) is 18.7 Å². The zero-order chi connectivity index (χ0) is 17.4. The van der Waals surface area contributed by atoms with Crippen molar-refractivity contribution in [1.29, 1.82) is 0 Å². The summed E-state index contributed by atoms with van der Waals surface area (Å²) in [6.45, 7) is 4.27. The van der Waals surface area contributed by atoms with Gasteiger partial charge in [-0.2, -0.15) is 0 Å². The van der Waals surface area contributed by atoms with E-state index in [0.29, 0.717) is 0 Å². The van der Waals surface area contributed by atoms with E-state index in [0.717, 1.165) is 4.90 Å². The first-order valence-electron chi connectivity index (χ1n) is 8.52. The summed E-state index contributed by atoms with van der Waals surface area (Å²) in [4.78, 5) is 1.01. The fraction of sp³-hybridized carbons (Fsp3) is 0.0833. The standard InChI is InChI=1S/C24H20S/c1-16-8-10-19(11-9-16)23-14-20-12-17(2)13-21(22(20)15-24(23)25)18-6-4-3-5-7-18/h3-15,25H,1-2H3. The van der Waals surface area contributed by atoms with Gasteiger partial charge in [-0.15, -0.1) is 12.6 Å². The van der Waals surface area contributed by atoms with Crippen molar-refractivity contribution in [2.24, 2.45) is 0 Å². The predicted octanol–water partition coefficient (Wildman–Crippen LogP) is 7.08. The van der Waals surface area contributed by atoms with Crippen molar-refractivity contribution >= 4 is 23.4 Å². The Hall–Kier alpha value is -2.51. The van der Waals surface area contributed by atoms with E-state index in [4.69, 9.17) is 12.6 Å². The van der Waals surface area contributed by atoms with Crippen LogP contribution in [0.3, 0.4) is 0 Å². The van der Waals surface area contributed by atoms with Crippen molar-refractivity contribution in [1.82, 2.24) is 0 Å². The van der Waals surface area contributed by atoms with E-state index >= 15 is 0 Å². The van der Waals surface area contributed by atoms with Gasteiger partial charge in [0.2, 0.25) is 0 Å². The highest BCUT2D eigenvalue weighted by atomic mass is 32.1. The lowest BCUT2D eigenvalue weighted by Crippen LogP contribution is -1.88. The lowest BCUT2D eigenvalue weighted by Gasteiger charge is -2.13. The Morgan fingerprint density at radius 3 is 2.00 bits per heavy atom. The Labute approximate surface area is 154 Å². The monoisotopic (exact) mass is 340 g/mol. The van der Waals surface area contributed by atoms with E-state index in [2.05, 4.69) is 92.7 Å². The molecule has 0 aliphatic carbocycles. The fourth-order valence-corrected chi connectivity index (χ4v) is 3.69. The number of rotatable bonds is 2. The van der Waals surface area contributed by atoms with Crippen LogP contribution in [-0.4, -0.2) is 0 Å². The van der Waals surface area contributed by atoms with Gasteiger partial charge < -0.3 is 0 Å². The lowest BCUT2D eigenvalue weighted by atomic mass is 9.93. The van der Waals surface area contributed by atoms with Crippen LogP contribution < -0.4 is 0 Å². The van der Waals surface area contributed by atoms with Gasteiger partial charge >= 0.3 is 0 Å². The Morgan fingerprint density at radius 2 is 1.28 bits per heavy atom. The fourth-order valence-electron chi connectivity index (χ4n) is 3.37. The van der Waals surface area contributed by atoms with Gasteiger partial charge in [0.1, 0.15) is 0 Å². The number of thiol groups is 1. The third kappa shape index (κ3) is 3.08. The van der Waals surface area contributed by atoms with Crippen molar-refractivity contribution in [3.05, 3.63) is 90.0 Å². The molecule has 0 N–H and O–H groups in total. The smallest absolute Gasteiger partial charge is 0.0125 e. The van der Waals surface area contributed by atoms with Crippen molar-refractivity contribution in [3.63, 3.8) is 0 Å². The molecule has 0 heterocycles. The largest absolute Gasteiger partial charge is 0.143 e. The van der Waals surface area contributed by atoms with Gasteiger partial charge in [0.15, 0.2) is 0 Å². The SMILES string of the molecule is Cc1ccc(-c2cc3cc(C)cc(-c4ccccc4)c3cc2S)cc1. The van der Waals surface area contributed by atoms with Gasteiger partial charge in [-0.05, 0) is 64.6 Å². The summed E-state index contributed by atoms with van der Waals surface area (Å²) in [5, 5.41) is 2.50. The summed E-state index contributed by atoms with van der Waals surface area (Å²) in [7, 11) is 0. The molecule has 4 aromatic rings. The van der Waals surface area contributed by atoms with Gasteiger partial charge in [-0.3, -0.25) is 0 Å². The second kappa shape index (κ2) is 6.42. The molecular weight excluding hydrogens is 320 g/mol. The third-order valence-electron chi connectivity index (χ3n) is 4.66. The first kappa shape index (κ1) is 16.0. The van der Waals surface area contributed by atoms with Gasteiger partial charge in [0.05, 0.1) is 0 Å². The van der Waals surface area contributed by atoms with E-state index in [1.807, 2.05) is 0 Å². The summed E-state index contributed by atoms with van der Waals surface area (Å²) in [5.74, 6) is 0. The Kier molecular flexibility index (Phi) is 4.10. The molecule has 0 aromatic heterocycles. The average molecular weight is 340 g/mol. The Balaban J connectivity index is 1.97. The van der Waals surface area contributed by atoms with E-state index in [-0.39, 0.29) is 0 Å². The van der Waals surface area contributed by atoms with Gasteiger partial charge in [-0.1, -0.05) is 72.3 Å². The quantitative estimate of drug-likeness (QED) is 0.370. The highest BCUT2D eigenvalue weighted by Crippen LogP contribution is 2.36. The molecule has 4 aromatic carbocycles. The van der Waals surface area contributed by atoms with Crippen LogP contribution in [-0.2, 0) is 0 Å². The first-order valence-corrected chi connectivity index (χ1v) is 8.96. The number of hydrogen-bond donors (Lipinski definition) is 1. The average Bonchev–Trinajstić information content (AvgIpc) is 2.62. The van der Waals surface area contributed by atoms with Crippen LogP contribution in [0.1, 0.15) is 11.1 Å². The van der Waals surface area contributed by atoms with Crippen molar-refractivity contribution < 1.29 is 0 Å².